The molecular formula is C16H21BrClN5O. The van der Waals surface area contributed by atoms with Gasteiger partial charge in [0.05, 0.1) is 11.4 Å². The van der Waals surface area contributed by atoms with Crippen molar-refractivity contribution in [1.29, 1.82) is 0 Å². The van der Waals surface area contributed by atoms with Crippen molar-refractivity contribution in [3.63, 3.8) is 0 Å². The Morgan fingerprint density at radius 1 is 1.42 bits per heavy atom. The molecule has 8 heteroatoms. The first-order valence-corrected chi connectivity index (χ1v) is 8.54. The standard InChI is InChI=1S/C16H20BrN5O.ClH/c1-11-15(16(23)21-8-4-6-13(10-21)18-2)19-20-22(11)14-7-3-5-12(17)9-14;/h3,5,7,9,13,18H,4,6,8,10H2,1-2H3;1H. The Morgan fingerprint density at radius 2 is 2.21 bits per heavy atom. The summed E-state index contributed by atoms with van der Waals surface area (Å²) in [6.07, 6.45) is 2.11. The highest BCUT2D eigenvalue weighted by atomic mass is 79.9. The Bertz CT molecular complexity index is 720. The Balaban J connectivity index is 0.00000208. The molecule has 1 amide bonds. The Kier molecular flexibility index (Phi) is 6.37. The molecule has 2 aromatic rings. The molecule has 1 aliphatic heterocycles. The molecule has 2 heterocycles. The van der Waals surface area contributed by atoms with Crippen LogP contribution in [0.15, 0.2) is 28.7 Å². The van der Waals surface area contributed by atoms with E-state index in [0.29, 0.717) is 11.7 Å². The predicted molar refractivity (Wildman–Crippen MR) is 99.0 cm³/mol. The highest BCUT2D eigenvalue weighted by Gasteiger charge is 2.27. The highest BCUT2D eigenvalue weighted by molar-refractivity contribution is 9.10. The lowest BCUT2D eigenvalue weighted by Crippen LogP contribution is -2.47. The number of benzene rings is 1. The van der Waals surface area contributed by atoms with Crippen molar-refractivity contribution >= 4 is 34.2 Å². The molecule has 1 aromatic heterocycles. The van der Waals surface area contributed by atoms with Gasteiger partial charge in [-0.1, -0.05) is 27.2 Å². The van der Waals surface area contributed by atoms with Gasteiger partial charge in [-0.2, -0.15) is 0 Å². The average molecular weight is 415 g/mol. The minimum Gasteiger partial charge on any atom is -0.336 e. The summed E-state index contributed by atoms with van der Waals surface area (Å²) in [5.41, 5.74) is 2.08. The van der Waals surface area contributed by atoms with Gasteiger partial charge in [-0.3, -0.25) is 4.79 Å². The average Bonchev–Trinajstić information content (AvgIpc) is 2.96. The van der Waals surface area contributed by atoms with Crippen molar-refractivity contribution in [1.82, 2.24) is 25.2 Å². The van der Waals surface area contributed by atoms with Gasteiger partial charge in [0, 0.05) is 23.6 Å². The summed E-state index contributed by atoms with van der Waals surface area (Å²) in [5, 5.41) is 11.6. The van der Waals surface area contributed by atoms with Gasteiger partial charge >= 0.3 is 0 Å². The number of likely N-dealkylation sites (N-methyl/N-ethyl adjacent to an activating group) is 1. The number of hydrogen-bond acceptors (Lipinski definition) is 4. The van der Waals surface area contributed by atoms with Gasteiger partial charge in [0.2, 0.25) is 0 Å². The van der Waals surface area contributed by atoms with Crippen molar-refractivity contribution in [3.8, 4) is 5.69 Å². The number of nitrogens with zero attached hydrogens (tertiary/aromatic N) is 4. The molecule has 130 valence electrons. The molecule has 1 saturated heterocycles. The number of carbonyl (C=O) groups excluding carboxylic acids is 1. The normalized spacial score (nSPS) is 17.5. The molecule has 0 saturated carbocycles. The lowest BCUT2D eigenvalue weighted by Gasteiger charge is -2.32. The fourth-order valence-corrected chi connectivity index (χ4v) is 3.31. The van der Waals surface area contributed by atoms with E-state index in [9.17, 15) is 4.79 Å². The smallest absolute Gasteiger partial charge is 0.276 e. The number of hydrogen-bond donors (Lipinski definition) is 1. The van der Waals surface area contributed by atoms with E-state index in [1.54, 1.807) is 4.68 Å². The number of piperidine rings is 1. The van der Waals surface area contributed by atoms with Crippen molar-refractivity contribution < 1.29 is 4.79 Å². The fraction of sp³-hybridized carbons (Fsp3) is 0.438. The predicted octanol–water partition coefficient (Wildman–Crippen LogP) is 2.58. The SMILES string of the molecule is CNC1CCCN(C(=O)c2nnn(-c3cccc(Br)c3)c2C)C1.Cl. The van der Waals surface area contributed by atoms with Gasteiger partial charge in [-0.15, -0.1) is 17.5 Å². The molecule has 0 bridgehead atoms. The third-order valence-corrected chi connectivity index (χ3v) is 4.76. The van der Waals surface area contributed by atoms with Gasteiger partial charge in [0.15, 0.2) is 5.69 Å². The number of likely N-dealkylation sites (tertiary alicyclic amines) is 1. The van der Waals surface area contributed by atoms with E-state index in [1.165, 1.54) is 0 Å². The molecule has 0 spiro atoms. The van der Waals surface area contributed by atoms with E-state index >= 15 is 0 Å². The Hall–Kier alpha value is -1.44. The molecule has 1 fully saturated rings. The van der Waals surface area contributed by atoms with E-state index < -0.39 is 0 Å². The van der Waals surface area contributed by atoms with Gasteiger partial charge < -0.3 is 10.2 Å². The molecule has 1 aromatic carbocycles. The molecule has 24 heavy (non-hydrogen) atoms. The largest absolute Gasteiger partial charge is 0.336 e. The monoisotopic (exact) mass is 413 g/mol. The van der Waals surface area contributed by atoms with Crippen LogP contribution in [0.2, 0.25) is 0 Å². The van der Waals surface area contributed by atoms with Crippen LogP contribution in [0.25, 0.3) is 5.69 Å². The van der Waals surface area contributed by atoms with Crippen LogP contribution in [0, 0.1) is 6.92 Å². The molecule has 6 nitrogen and oxygen atoms in total. The van der Waals surface area contributed by atoms with Crippen LogP contribution in [0.5, 0.6) is 0 Å². The summed E-state index contributed by atoms with van der Waals surface area (Å²) in [4.78, 5) is 14.6. The number of amides is 1. The maximum Gasteiger partial charge on any atom is 0.276 e. The summed E-state index contributed by atoms with van der Waals surface area (Å²) in [6.45, 7) is 3.38. The van der Waals surface area contributed by atoms with Crippen molar-refractivity contribution in [2.75, 3.05) is 20.1 Å². The minimum absolute atomic E-state index is 0. The zero-order chi connectivity index (χ0) is 16.4. The number of aromatic nitrogens is 3. The lowest BCUT2D eigenvalue weighted by atomic mass is 10.1. The third kappa shape index (κ3) is 3.79. The molecule has 1 aliphatic rings. The summed E-state index contributed by atoms with van der Waals surface area (Å²) in [7, 11) is 1.94. The number of rotatable bonds is 3. The van der Waals surface area contributed by atoms with E-state index in [0.717, 1.165) is 41.8 Å². The van der Waals surface area contributed by atoms with Crippen LogP contribution in [-0.2, 0) is 0 Å². The highest BCUT2D eigenvalue weighted by Crippen LogP contribution is 2.19. The van der Waals surface area contributed by atoms with Crippen LogP contribution < -0.4 is 5.32 Å². The van der Waals surface area contributed by atoms with Crippen molar-refractivity contribution in [3.05, 3.63) is 40.1 Å². The minimum atomic E-state index is -0.0382. The number of nitrogens with one attached hydrogen (secondary N) is 1. The third-order valence-electron chi connectivity index (χ3n) is 4.27. The second-order valence-corrected chi connectivity index (χ2v) is 6.71. The van der Waals surface area contributed by atoms with E-state index in [2.05, 4.69) is 31.6 Å². The summed E-state index contributed by atoms with van der Waals surface area (Å²) in [5.74, 6) is -0.0382. The van der Waals surface area contributed by atoms with Crippen molar-refractivity contribution in [2.45, 2.75) is 25.8 Å². The maximum atomic E-state index is 12.8. The molecule has 0 radical (unpaired) electrons. The first-order valence-electron chi connectivity index (χ1n) is 7.75. The maximum absolute atomic E-state index is 12.8. The van der Waals surface area contributed by atoms with Gasteiger partial charge in [0.1, 0.15) is 0 Å². The summed E-state index contributed by atoms with van der Waals surface area (Å²) >= 11 is 3.45. The van der Waals surface area contributed by atoms with Gasteiger partial charge in [-0.25, -0.2) is 4.68 Å². The van der Waals surface area contributed by atoms with Crippen LogP contribution in [-0.4, -0.2) is 52.0 Å². The van der Waals surface area contributed by atoms with Crippen LogP contribution in [0.1, 0.15) is 29.0 Å². The molecule has 1 N–H and O–H groups in total. The number of halogens is 2. The molecular weight excluding hydrogens is 394 g/mol. The van der Waals surface area contributed by atoms with Gasteiger partial charge in [-0.05, 0) is 45.0 Å². The van der Waals surface area contributed by atoms with Crippen LogP contribution in [0.3, 0.4) is 0 Å². The van der Waals surface area contributed by atoms with Crippen LogP contribution in [0.4, 0.5) is 0 Å². The van der Waals surface area contributed by atoms with Crippen molar-refractivity contribution in [2.24, 2.45) is 0 Å². The van der Waals surface area contributed by atoms with E-state index in [1.807, 2.05) is 43.1 Å². The molecule has 0 aliphatic carbocycles. The number of carbonyl (C=O) groups is 1. The Labute approximate surface area is 156 Å². The topological polar surface area (TPSA) is 63.1 Å². The molecule has 1 atom stereocenters. The van der Waals surface area contributed by atoms with Crippen LogP contribution >= 0.6 is 28.3 Å². The zero-order valence-electron chi connectivity index (χ0n) is 13.7. The second kappa shape index (κ2) is 8.09. The summed E-state index contributed by atoms with van der Waals surface area (Å²) < 4.78 is 2.67. The first kappa shape index (κ1) is 18.9. The van der Waals surface area contributed by atoms with E-state index in [4.69, 9.17) is 0 Å². The lowest BCUT2D eigenvalue weighted by molar-refractivity contribution is 0.0691. The quantitative estimate of drug-likeness (QED) is 0.838. The molecule has 3 rings (SSSR count). The van der Waals surface area contributed by atoms with Gasteiger partial charge in [0.25, 0.3) is 5.91 Å². The fourth-order valence-electron chi connectivity index (χ4n) is 2.93. The zero-order valence-corrected chi connectivity index (χ0v) is 16.1. The first-order chi connectivity index (χ1) is 11.1. The van der Waals surface area contributed by atoms with E-state index in [-0.39, 0.29) is 18.3 Å². The molecule has 1 unspecified atom stereocenters. The Morgan fingerprint density at radius 3 is 2.92 bits per heavy atom. The second-order valence-electron chi connectivity index (χ2n) is 5.79. The summed E-state index contributed by atoms with van der Waals surface area (Å²) in [6, 6.07) is 8.14.